The molecule has 2 aromatic rings. The van der Waals surface area contributed by atoms with Crippen LogP contribution >= 0.6 is 0 Å². The number of ether oxygens (including phenoxy) is 1. The van der Waals surface area contributed by atoms with Crippen molar-refractivity contribution in [3.63, 3.8) is 0 Å². The van der Waals surface area contributed by atoms with Crippen molar-refractivity contribution in [3.05, 3.63) is 41.2 Å². The molecule has 1 saturated heterocycles. The molecule has 2 amide bonds. The Hall–Kier alpha value is -3.38. The predicted molar refractivity (Wildman–Crippen MR) is 100 cm³/mol. The summed E-state index contributed by atoms with van der Waals surface area (Å²) >= 11 is 0. The van der Waals surface area contributed by atoms with Gasteiger partial charge in [-0.3, -0.25) is 9.59 Å². The van der Waals surface area contributed by atoms with Crippen molar-refractivity contribution in [2.24, 2.45) is 5.73 Å². The maximum absolute atomic E-state index is 15.1. The zero-order chi connectivity index (χ0) is 21.0. The quantitative estimate of drug-likeness (QED) is 0.680. The lowest BCUT2D eigenvalue weighted by atomic mass is 10.0. The second-order valence-electron chi connectivity index (χ2n) is 7.45. The Morgan fingerprint density at radius 3 is 2.83 bits per heavy atom. The molecule has 1 aromatic heterocycles. The van der Waals surface area contributed by atoms with Gasteiger partial charge >= 0.3 is 0 Å². The molecule has 0 spiro atoms. The lowest BCUT2D eigenvalue weighted by Gasteiger charge is -2.17. The van der Waals surface area contributed by atoms with E-state index in [2.05, 4.69) is 16.9 Å². The monoisotopic (exact) mass is 398 g/mol. The molecule has 9 heteroatoms. The number of hydrogen-bond donors (Lipinski definition) is 2. The van der Waals surface area contributed by atoms with Gasteiger partial charge in [0, 0.05) is 25.6 Å². The second kappa shape index (κ2) is 6.32. The molecule has 2 atom stereocenters. The lowest BCUT2D eigenvalue weighted by molar-refractivity contribution is -0.137. The summed E-state index contributed by atoms with van der Waals surface area (Å²) in [5.41, 5.74) is 2.57. The van der Waals surface area contributed by atoms with Crippen LogP contribution in [0.25, 0.3) is 5.69 Å². The highest BCUT2D eigenvalue weighted by Gasteiger charge is 2.42. The molecular weight excluding hydrogens is 379 g/mol. The predicted octanol–water partition coefficient (Wildman–Crippen LogP) is 0.493. The number of nitrogens with zero attached hydrogens (tertiary/aromatic N) is 3. The third-order valence-corrected chi connectivity index (χ3v) is 5.10. The van der Waals surface area contributed by atoms with Gasteiger partial charge in [-0.15, -0.1) is 0 Å². The molecule has 1 fully saturated rings. The molecule has 1 aromatic carbocycles. The first-order valence-electron chi connectivity index (χ1n) is 8.98. The average Bonchev–Trinajstić information content (AvgIpc) is 3.21. The Labute approximate surface area is 166 Å². The van der Waals surface area contributed by atoms with Gasteiger partial charge in [-0.2, -0.15) is 5.10 Å². The van der Waals surface area contributed by atoms with E-state index in [4.69, 9.17) is 10.5 Å². The first-order chi connectivity index (χ1) is 13.6. The van der Waals surface area contributed by atoms with E-state index in [0.29, 0.717) is 23.5 Å². The first-order valence-corrected chi connectivity index (χ1v) is 8.98. The Balaban J connectivity index is 1.79. The molecular formula is C20H19FN4O4. The van der Waals surface area contributed by atoms with Crippen molar-refractivity contribution in [1.29, 1.82) is 0 Å². The molecule has 150 valence electrons. The van der Waals surface area contributed by atoms with Gasteiger partial charge in [-0.05, 0) is 31.2 Å². The normalized spacial score (nSPS) is 25.4. The highest BCUT2D eigenvalue weighted by molar-refractivity contribution is 5.91. The van der Waals surface area contributed by atoms with E-state index in [1.54, 1.807) is 25.2 Å². The van der Waals surface area contributed by atoms with E-state index in [0.717, 1.165) is 0 Å². The van der Waals surface area contributed by atoms with Gasteiger partial charge in [0.25, 0.3) is 11.8 Å². The molecule has 0 radical (unpaired) electrons. The van der Waals surface area contributed by atoms with Crippen LogP contribution in [0.2, 0.25) is 0 Å². The van der Waals surface area contributed by atoms with Gasteiger partial charge in [0.1, 0.15) is 18.0 Å². The SMILES string of the molecule is CN1CC[C@@](O)(C#Cc2ccc3c(c2)-n2nc(C(N)=O)cc2[C@](C)(F)CO3)C1=O. The van der Waals surface area contributed by atoms with Gasteiger partial charge in [-0.25, -0.2) is 9.07 Å². The number of benzene rings is 1. The average molecular weight is 398 g/mol. The Morgan fingerprint density at radius 2 is 2.17 bits per heavy atom. The van der Waals surface area contributed by atoms with Gasteiger partial charge in [0.2, 0.25) is 5.60 Å². The number of aliphatic hydroxyl groups is 1. The fourth-order valence-corrected chi connectivity index (χ4v) is 3.37. The number of amides is 2. The zero-order valence-electron chi connectivity index (χ0n) is 15.9. The number of carbonyl (C=O) groups is 2. The lowest BCUT2D eigenvalue weighted by Crippen LogP contribution is -2.37. The highest BCUT2D eigenvalue weighted by atomic mass is 19.1. The molecule has 0 unspecified atom stereocenters. The van der Waals surface area contributed by atoms with E-state index in [1.165, 1.54) is 22.6 Å². The minimum atomic E-state index is -1.90. The maximum Gasteiger partial charge on any atom is 0.269 e. The number of halogens is 1. The molecule has 2 aliphatic rings. The van der Waals surface area contributed by atoms with Gasteiger partial charge in [-0.1, -0.05) is 11.8 Å². The topological polar surface area (TPSA) is 111 Å². The number of rotatable bonds is 1. The summed E-state index contributed by atoms with van der Waals surface area (Å²) in [6, 6.07) is 6.13. The number of aromatic nitrogens is 2. The number of nitrogens with two attached hydrogens (primary N) is 1. The summed E-state index contributed by atoms with van der Waals surface area (Å²) in [7, 11) is 1.60. The standard InChI is InChI=1S/C20H19FN4O4/c1-19(21)11-29-15-4-3-12(5-6-20(28)7-8-24(2)18(20)27)9-14(15)25-16(19)10-13(23-25)17(22)26/h3-4,9-10,28H,7-8,11H2,1-2H3,(H2,22,26)/t19-,20+/m1/s1. The summed E-state index contributed by atoms with van der Waals surface area (Å²) in [6.45, 7) is 1.48. The maximum atomic E-state index is 15.1. The van der Waals surface area contributed by atoms with Crippen molar-refractivity contribution in [1.82, 2.24) is 14.7 Å². The van der Waals surface area contributed by atoms with E-state index >= 15 is 4.39 Å². The fourth-order valence-electron chi connectivity index (χ4n) is 3.37. The Morgan fingerprint density at radius 1 is 1.41 bits per heavy atom. The number of hydrogen-bond acceptors (Lipinski definition) is 5. The van der Waals surface area contributed by atoms with Crippen LogP contribution < -0.4 is 10.5 Å². The van der Waals surface area contributed by atoms with Gasteiger partial charge < -0.3 is 20.5 Å². The number of alkyl halides is 1. The molecule has 0 saturated carbocycles. The van der Waals surface area contributed by atoms with E-state index in [9.17, 15) is 14.7 Å². The van der Waals surface area contributed by atoms with Crippen LogP contribution in [0.15, 0.2) is 24.3 Å². The molecule has 0 bridgehead atoms. The number of fused-ring (bicyclic) bond motifs is 3. The van der Waals surface area contributed by atoms with E-state index in [-0.39, 0.29) is 24.4 Å². The number of likely N-dealkylation sites (tertiary alicyclic amines) is 1. The van der Waals surface area contributed by atoms with Crippen molar-refractivity contribution < 1.29 is 23.8 Å². The van der Waals surface area contributed by atoms with E-state index in [1.807, 2.05) is 0 Å². The number of carbonyl (C=O) groups excluding carboxylic acids is 2. The molecule has 8 nitrogen and oxygen atoms in total. The smallest absolute Gasteiger partial charge is 0.269 e. The molecule has 4 rings (SSSR count). The van der Waals surface area contributed by atoms with Crippen LogP contribution in [0.1, 0.15) is 35.1 Å². The van der Waals surface area contributed by atoms with Crippen LogP contribution in [0.4, 0.5) is 4.39 Å². The number of primary amides is 1. The Kier molecular flexibility index (Phi) is 4.13. The first kappa shape index (κ1) is 19.0. The molecule has 29 heavy (non-hydrogen) atoms. The van der Waals surface area contributed by atoms with Crippen LogP contribution in [-0.4, -0.2) is 57.4 Å². The van der Waals surface area contributed by atoms with Crippen LogP contribution in [0.3, 0.4) is 0 Å². The zero-order valence-corrected chi connectivity index (χ0v) is 15.9. The summed E-state index contributed by atoms with van der Waals surface area (Å²) in [4.78, 5) is 25.0. The summed E-state index contributed by atoms with van der Waals surface area (Å²) in [5, 5.41) is 14.6. The highest BCUT2D eigenvalue weighted by Crippen LogP contribution is 2.36. The van der Waals surface area contributed by atoms with Crippen molar-refractivity contribution >= 4 is 11.8 Å². The minimum absolute atomic E-state index is 0.0675. The summed E-state index contributed by atoms with van der Waals surface area (Å²) < 4.78 is 22.0. The number of likely N-dealkylation sites (N-methyl/N-ethyl adjacent to an activating group) is 1. The van der Waals surface area contributed by atoms with Crippen molar-refractivity contribution in [3.8, 4) is 23.3 Å². The van der Waals surface area contributed by atoms with E-state index < -0.39 is 23.1 Å². The van der Waals surface area contributed by atoms with Crippen LogP contribution in [-0.2, 0) is 10.5 Å². The third-order valence-electron chi connectivity index (χ3n) is 5.10. The van der Waals surface area contributed by atoms with Crippen LogP contribution in [0, 0.1) is 11.8 Å². The third kappa shape index (κ3) is 3.11. The van der Waals surface area contributed by atoms with Crippen molar-refractivity contribution in [2.75, 3.05) is 20.2 Å². The summed E-state index contributed by atoms with van der Waals surface area (Å²) in [5.74, 6) is 4.57. The fraction of sp³-hybridized carbons (Fsp3) is 0.350. The Bertz CT molecular complexity index is 1100. The van der Waals surface area contributed by atoms with Crippen molar-refractivity contribution in [2.45, 2.75) is 24.6 Å². The van der Waals surface area contributed by atoms with Gasteiger partial charge in [0.05, 0.1) is 5.69 Å². The van der Waals surface area contributed by atoms with Gasteiger partial charge in [0.15, 0.2) is 11.4 Å². The van der Waals surface area contributed by atoms with Crippen LogP contribution in [0.5, 0.6) is 5.75 Å². The molecule has 0 aliphatic carbocycles. The summed E-state index contributed by atoms with van der Waals surface area (Å²) in [6.07, 6.45) is 0.217. The largest absolute Gasteiger partial charge is 0.488 e. The molecule has 3 N–H and O–H groups in total. The second-order valence-corrected chi connectivity index (χ2v) is 7.45. The molecule has 3 heterocycles. The molecule has 2 aliphatic heterocycles. The minimum Gasteiger partial charge on any atom is -0.488 e.